The quantitative estimate of drug-likeness (QED) is 0.692. The predicted octanol–water partition coefficient (Wildman–Crippen LogP) is 4.06. The Kier molecular flexibility index (Phi) is 6.17. The minimum Gasteiger partial charge on any atom is -0.377 e. The van der Waals surface area contributed by atoms with Gasteiger partial charge in [0.2, 0.25) is 0 Å². The molecule has 2 aliphatic rings. The van der Waals surface area contributed by atoms with Crippen molar-refractivity contribution in [3.05, 3.63) is 66.0 Å². The van der Waals surface area contributed by atoms with Crippen molar-refractivity contribution in [1.29, 1.82) is 0 Å². The molecule has 4 heteroatoms. The van der Waals surface area contributed by atoms with Crippen LogP contribution in [-0.2, 0) is 22.6 Å². The van der Waals surface area contributed by atoms with Crippen LogP contribution >= 0.6 is 0 Å². The van der Waals surface area contributed by atoms with Crippen molar-refractivity contribution < 1.29 is 9.47 Å². The van der Waals surface area contributed by atoms with E-state index in [4.69, 9.17) is 9.47 Å². The summed E-state index contributed by atoms with van der Waals surface area (Å²) in [6.07, 6.45) is 8.24. The molecule has 1 atom stereocenters. The molecule has 1 aromatic heterocycles. The van der Waals surface area contributed by atoms with Crippen molar-refractivity contribution in [2.24, 2.45) is 5.92 Å². The fraction of sp³-hybridized carbons (Fsp3) is 0.522. The first-order valence-electron chi connectivity index (χ1n) is 10.2. The number of hydrogen-bond acceptors (Lipinski definition) is 4. The van der Waals surface area contributed by atoms with Gasteiger partial charge in [-0.2, -0.15) is 0 Å². The van der Waals surface area contributed by atoms with Gasteiger partial charge in [-0.3, -0.25) is 9.88 Å². The number of pyridine rings is 1. The number of hydrogen-bond donors (Lipinski definition) is 0. The third-order valence-corrected chi connectivity index (χ3v) is 6.15. The SMILES string of the molecule is c1ccc(CN2CCC3(CC2)OCCC3CCOCc2cccnc2)cc1. The van der Waals surface area contributed by atoms with E-state index in [0.717, 1.165) is 57.7 Å². The normalized spacial score (nSPS) is 22.3. The van der Waals surface area contributed by atoms with Gasteiger partial charge in [-0.15, -0.1) is 0 Å². The summed E-state index contributed by atoms with van der Waals surface area (Å²) in [5.74, 6) is 0.630. The first-order valence-corrected chi connectivity index (χ1v) is 10.2. The molecule has 2 aromatic rings. The van der Waals surface area contributed by atoms with Gasteiger partial charge < -0.3 is 9.47 Å². The van der Waals surface area contributed by atoms with Crippen LogP contribution in [0.25, 0.3) is 0 Å². The molecular weight excluding hydrogens is 336 g/mol. The fourth-order valence-corrected chi connectivity index (χ4v) is 4.58. The van der Waals surface area contributed by atoms with E-state index in [0.29, 0.717) is 12.5 Å². The largest absolute Gasteiger partial charge is 0.377 e. The van der Waals surface area contributed by atoms with Gasteiger partial charge in [-0.1, -0.05) is 36.4 Å². The molecule has 0 radical (unpaired) electrons. The average Bonchev–Trinajstić information content (AvgIpc) is 3.11. The van der Waals surface area contributed by atoms with Gasteiger partial charge in [0.05, 0.1) is 12.2 Å². The summed E-state index contributed by atoms with van der Waals surface area (Å²) in [7, 11) is 0. The van der Waals surface area contributed by atoms with Crippen molar-refractivity contribution in [3.63, 3.8) is 0 Å². The molecule has 27 heavy (non-hydrogen) atoms. The van der Waals surface area contributed by atoms with Crippen molar-refractivity contribution in [3.8, 4) is 0 Å². The first kappa shape index (κ1) is 18.6. The van der Waals surface area contributed by atoms with E-state index in [1.165, 1.54) is 12.0 Å². The molecule has 2 aliphatic heterocycles. The molecule has 0 N–H and O–H groups in total. The molecule has 0 aliphatic carbocycles. The summed E-state index contributed by atoms with van der Waals surface area (Å²) >= 11 is 0. The van der Waals surface area contributed by atoms with Crippen molar-refractivity contribution in [2.45, 2.75) is 44.4 Å². The maximum absolute atomic E-state index is 6.32. The number of aromatic nitrogens is 1. The number of piperidine rings is 1. The Morgan fingerprint density at radius 2 is 1.89 bits per heavy atom. The Morgan fingerprint density at radius 1 is 1.07 bits per heavy atom. The molecule has 4 nitrogen and oxygen atoms in total. The van der Waals surface area contributed by atoms with Gasteiger partial charge in [0, 0.05) is 45.2 Å². The smallest absolute Gasteiger partial charge is 0.0736 e. The van der Waals surface area contributed by atoms with E-state index in [1.54, 1.807) is 6.20 Å². The maximum atomic E-state index is 6.32. The molecule has 1 aromatic carbocycles. The van der Waals surface area contributed by atoms with Crippen LogP contribution in [0.15, 0.2) is 54.9 Å². The van der Waals surface area contributed by atoms with Crippen molar-refractivity contribution >= 4 is 0 Å². The van der Waals surface area contributed by atoms with Gasteiger partial charge >= 0.3 is 0 Å². The lowest BCUT2D eigenvalue weighted by atomic mass is 9.78. The highest BCUT2D eigenvalue weighted by Gasteiger charge is 2.45. The fourth-order valence-electron chi connectivity index (χ4n) is 4.58. The van der Waals surface area contributed by atoms with E-state index in [1.807, 2.05) is 12.3 Å². The lowest BCUT2D eigenvalue weighted by molar-refractivity contribution is -0.0733. The molecular formula is C23H30N2O2. The molecule has 1 spiro atoms. The number of nitrogens with zero attached hydrogens (tertiary/aromatic N) is 2. The van der Waals surface area contributed by atoms with Gasteiger partial charge in [0.25, 0.3) is 0 Å². The summed E-state index contributed by atoms with van der Waals surface area (Å²) < 4.78 is 12.2. The minimum atomic E-state index is 0.0881. The minimum absolute atomic E-state index is 0.0881. The Bertz CT molecular complexity index is 684. The van der Waals surface area contributed by atoms with E-state index in [9.17, 15) is 0 Å². The van der Waals surface area contributed by atoms with Crippen LogP contribution in [0, 0.1) is 5.92 Å². The molecule has 144 valence electrons. The molecule has 0 bridgehead atoms. The highest BCUT2D eigenvalue weighted by molar-refractivity contribution is 5.14. The van der Waals surface area contributed by atoms with Crippen LogP contribution in [0.5, 0.6) is 0 Å². The van der Waals surface area contributed by atoms with Crippen LogP contribution in [0.3, 0.4) is 0 Å². The van der Waals surface area contributed by atoms with Crippen LogP contribution in [0.4, 0.5) is 0 Å². The van der Waals surface area contributed by atoms with E-state index in [2.05, 4.69) is 46.3 Å². The zero-order valence-corrected chi connectivity index (χ0v) is 16.1. The van der Waals surface area contributed by atoms with Crippen LogP contribution < -0.4 is 0 Å². The molecule has 2 fully saturated rings. The zero-order valence-electron chi connectivity index (χ0n) is 16.1. The highest BCUT2D eigenvalue weighted by atomic mass is 16.5. The zero-order chi connectivity index (χ0) is 18.4. The highest BCUT2D eigenvalue weighted by Crippen LogP contribution is 2.42. The molecule has 0 saturated carbocycles. The molecule has 3 heterocycles. The second-order valence-electron chi connectivity index (χ2n) is 7.86. The Labute approximate surface area is 162 Å². The summed E-state index contributed by atoms with van der Waals surface area (Å²) in [4.78, 5) is 6.71. The topological polar surface area (TPSA) is 34.6 Å². The Hall–Kier alpha value is -1.75. The van der Waals surface area contributed by atoms with Crippen LogP contribution in [-0.4, -0.2) is 41.8 Å². The van der Waals surface area contributed by atoms with E-state index < -0.39 is 0 Å². The Morgan fingerprint density at radius 3 is 2.67 bits per heavy atom. The van der Waals surface area contributed by atoms with Gasteiger partial charge in [-0.25, -0.2) is 0 Å². The summed E-state index contributed by atoms with van der Waals surface area (Å²) in [5, 5.41) is 0. The Balaban J connectivity index is 1.23. The average molecular weight is 367 g/mol. The third kappa shape index (κ3) is 4.75. The van der Waals surface area contributed by atoms with Gasteiger partial charge in [0.15, 0.2) is 0 Å². The second-order valence-corrected chi connectivity index (χ2v) is 7.86. The molecule has 1 unspecified atom stereocenters. The first-order chi connectivity index (χ1) is 13.3. The van der Waals surface area contributed by atoms with Crippen molar-refractivity contribution in [1.82, 2.24) is 9.88 Å². The third-order valence-electron chi connectivity index (χ3n) is 6.15. The predicted molar refractivity (Wildman–Crippen MR) is 106 cm³/mol. The lowest BCUT2D eigenvalue weighted by Crippen LogP contribution is -2.47. The summed E-state index contributed by atoms with van der Waals surface area (Å²) in [6, 6.07) is 14.8. The number of benzene rings is 1. The molecule has 0 amide bonds. The monoisotopic (exact) mass is 366 g/mol. The summed E-state index contributed by atoms with van der Waals surface area (Å²) in [6.45, 7) is 5.67. The maximum Gasteiger partial charge on any atom is 0.0736 e. The summed E-state index contributed by atoms with van der Waals surface area (Å²) in [5.41, 5.74) is 2.63. The molecule has 2 saturated heterocycles. The standard InChI is InChI=1S/C23H30N2O2/c1-2-5-20(6-3-1)18-25-13-10-23(11-14-25)22(9-16-27-23)8-15-26-19-21-7-4-12-24-17-21/h1-7,12,17,22H,8-11,13-16,18-19H2. The van der Waals surface area contributed by atoms with E-state index >= 15 is 0 Å². The number of likely N-dealkylation sites (tertiary alicyclic amines) is 1. The second kappa shape index (κ2) is 8.96. The molecule has 4 rings (SSSR count). The van der Waals surface area contributed by atoms with Crippen molar-refractivity contribution in [2.75, 3.05) is 26.3 Å². The number of rotatable bonds is 7. The van der Waals surface area contributed by atoms with Gasteiger partial charge in [-0.05, 0) is 48.8 Å². The van der Waals surface area contributed by atoms with Crippen LogP contribution in [0.1, 0.15) is 36.8 Å². The van der Waals surface area contributed by atoms with E-state index in [-0.39, 0.29) is 5.60 Å². The number of ether oxygens (including phenoxy) is 2. The lowest BCUT2D eigenvalue weighted by Gasteiger charge is -2.42. The van der Waals surface area contributed by atoms with Crippen LogP contribution in [0.2, 0.25) is 0 Å². The van der Waals surface area contributed by atoms with Gasteiger partial charge in [0.1, 0.15) is 0 Å².